The molecule has 1 unspecified atom stereocenters. The molecule has 8 heteroatoms. The second-order valence-electron chi connectivity index (χ2n) is 7.64. The minimum Gasteiger partial charge on any atom is -0.480 e. The molecule has 2 aromatic carbocycles. The Hall–Kier alpha value is -3.38. The molecule has 0 spiro atoms. The molecule has 4 rings (SSSR count). The predicted molar refractivity (Wildman–Crippen MR) is 130 cm³/mol. The summed E-state index contributed by atoms with van der Waals surface area (Å²) in [7, 11) is -3.99. The van der Waals surface area contributed by atoms with Gasteiger partial charge in [0.25, 0.3) is 10.0 Å². The Labute approximate surface area is 196 Å². The van der Waals surface area contributed by atoms with Crippen LogP contribution >= 0.6 is 11.3 Å². The lowest BCUT2D eigenvalue weighted by molar-refractivity contribution is -0.139. The molecular weight excluding hydrogens is 456 g/mol. The normalized spacial score (nSPS) is 12.3. The number of hydrogen-bond acceptors (Lipinski definition) is 4. The number of aliphatic carboxylic acids is 1. The Morgan fingerprint density at radius 3 is 2.61 bits per heavy atom. The molecule has 3 N–H and O–H groups in total. The van der Waals surface area contributed by atoms with E-state index in [0.717, 1.165) is 38.9 Å². The van der Waals surface area contributed by atoms with Gasteiger partial charge in [-0.2, -0.15) is 4.72 Å². The van der Waals surface area contributed by atoms with Crippen LogP contribution in [0.1, 0.15) is 28.0 Å². The van der Waals surface area contributed by atoms with Crippen molar-refractivity contribution in [1.29, 1.82) is 0 Å². The molecule has 2 heterocycles. The van der Waals surface area contributed by atoms with Crippen molar-refractivity contribution in [2.45, 2.75) is 30.0 Å². The van der Waals surface area contributed by atoms with Crippen molar-refractivity contribution in [2.75, 3.05) is 0 Å². The summed E-state index contributed by atoms with van der Waals surface area (Å²) < 4.78 is 28.0. The van der Waals surface area contributed by atoms with E-state index in [0.29, 0.717) is 11.3 Å². The molecular formula is C25H22N2O4S2. The molecule has 0 radical (unpaired) electrons. The van der Waals surface area contributed by atoms with E-state index in [4.69, 9.17) is 0 Å². The third kappa shape index (κ3) is 5.52. The third-order valence-electron chi connectivity index (χ3n) is 5.20. The van der Waals surface area contributed by atoms with Crippen LogP contribution in [0.5, 0.6) is 0 Å². The first kappa shape index (κ1) is 22.8. The van der Waals surface area contributed by atoms with Crippen molar-refractivity contribution >= 4 is 38.2 Å². The topological polar surface area (TPSA) is 99.3 Å². The van der Waals surface area contributed by atoms with E-state index in [1.807, 2.05) is 61.7 Å². The molecule has 0 amide bonds. The van der Waals surface area contributed by atoms with Crippen molar-refractivity contribution < 1.29 is 18.3 Å². The first-order chi connectivity index (χ1) is 15.8. The van der Waals surface area contributed by atoms with E-state index in [2.05, 4.69) is 21.5 Å². The van der Waals surface area contributed by atoms with E-state index in [1.54, 1.807) is 6.07 Å². The second kappa shape index (κ2) is 9.63. The molecule has 0 fully saturated rings. The number of thiophene rings is 1. The van der Waals surface area contributed by atoms with Crippen LogP contribution in [-0.4, -0.2) is 30.5 Å². The van der Waals surface area contributed by atoms with Gasteiger partial charge in [0.15, 0.2) is 0 Å². The van der Waals surface area contributed by atoms with Gasteiger partial charge in [-0.15, -0.1) is 11.3 Å². The van der Waals surface area contributed by atoms with Crippen molar-refractivity contribution in [3.63, 3.8) is 0 Å². The number of aromatic nitrogens is 1. The van der Waals surface area contributed by atoms with Crippen LogP contribution in [0.3, 0.4) is 0 Å². The number of para-hydroxylation sites is 1. The number of H-pyrrole nitrogens is 1. The van der Waals surface area contributed by atoms with E-state index in [-0.39, 0.29) is 10.6 Å². The molecule has 1 atom stereocenters. The van der Waals surface area contributed by atoms with Gasteiger partial charge in [0.2, 0.25) is 0 Å². The lowest BCUT2D eigenvalue weighted by atomic mass is 10.1. The summed E-state index contributed by atoms with van der Waals surface area (Å²) in [5.74, 6) is 4.76. The van der Waals surface area contributed by atoms with Crippen LogP contribution in [0.15, 0.2) is 71.1 Å². The van der Waals surface area contributed by atoms with Gasteiger partial charge in [0, 0.05) is 22.7 Å². The maximum absolute atomic E-state index is 12.8. The van der Waals surface area contributed by atoms with Gasteiger partial charge in [0.1, 0.15) is 10.3 Å². The molecule has 0 saturated heterocycles. The van der Waals surface area contributed by atoms with Gasteiger partial charge in [-0.05, 0) is 55.7 Å². The molecule has 33 heavy (non-hydrogen) atoms. The number of aromatic amines is 1. The van der Waals surface area contributed by atoms with Gasteiger partial charge in [-0.3, -0.25) is 4.79 Å². The number of aryl methyl sites for hydroxylation is 2. The Morgan fingerprint density at radius 2 is 1.85 bits per heavy atom. The number of nitrogens with one attached hydrogen (secondary N) is 2. The number of carbonyl (C=O) groups is 1. The number of sulfonamides is 1. The van der Waals surface area contributed by atoms with Crippen molar-refractivity contribution in [3.05, 3.63) is 88.4 Å². The molecule has 0 aliphatic carbocycles. The molecule has 0 aliphatic rings. The highest BCUT2D eigenvalue weighted by Gasteiger charge is 2.26. The fourth-order valence-corrected chi connectivity index (χ4v) is 5.82. The monoisotopic (exact) mass is 478 g/mol. The SMILES string of the molecule is Cc1ccc(C#Cc2ccc(S(=O)(=O)NC(CCc3c[nH]c4ccccc34)C(=O)O)s2)cc1. The van der Waals surface area contributed by atoms with Gasteiger partial charge < -0.3 is 10.1 Å². The second-order valence-corrected chi connectivity index (χ2v) is 10.7. The Bertz CT molecular complexity index is 1460. The van der Waals surface area contributed by atoms with Crippen molar-refractivity contribution in [1.82, 2.24) is 9.71 Å². The summed E-state index contributed by atoms with van der Waals surface area (Å²) in [6.07, 6.45) is 2.37. The summed E-state index contributed by atoms with van der Waals surface area (Å²) in [4.78, 5) is 15.5. The molecule has 4 aromatic rings. The number of carboxylic acids is 1. The average Bonchev–Trinajstić information content (AvgIpc) is 3.44. The summed E-state index contributed by atoms with van der Waals surface area (Å²) in [6.45, 7) is 1.99. The molecule has 168 valence electrons. The molecule has 0 bridgehead atoms. The Kier molecular flexibility index (Phi) is 6.65. The van der Waals surface area contributed by atoms with E-state index in [1.165, 1.54) is 6.07 Å². The highest BCUT2D eigenvalue weighted by Crippen LogP contribution is 2.23. The first-order valence-corrected chi connectivity index (χ1v) is 12.6. The first-order valence-electron chi connectivity index (χ1n) is 10.3. The Morgan fingerprint density at radius 1 is 1.09 bits per heavy atom. The van der Waals surface area contributed by atoms with E-state index < -0.39 is 22.0 Å². The predicted octanol–water partition coefficient (Wildman–Crippen LogP) is 4.30. The minimum absolute atomic E-state index is 0.0362. The highest BCUT2D eigenvalue weighted by molar-refractivity contribution is 7.91. The average molecular weight is 479 g/mol. The number of fused-ring (bicyclic) bond motifs is 1. The summed E-state index contributed by atoms with van der Waals surface area (Å²) in [5.41, 5.74) is 3.87. The largest absolute Gasteiger partial charge is 0.480 e. The fraction of sp³-hybridized carbons (Fsp3) is 0.160. The quantitative estimate of drug-likeness (QED) is 0.345. The molecule has 2 aromatic heterocycles. The lowest BCUT2D eigenvalue weighted by Gasteiger charge is -2.13. The standard InChI is InChI=1S/C25H22N2O4S2/c1-17-6-8-18(9-7-17)10-12-20-13-15-24(32-20)33(30,31)27-23(25(28)29)14-11-19-16-26-22-5-3-2-4-21(19)22/h2-9,13,15-16,23,26-27H,11,14H2,1H3,(H,28,29). The zero-order valence-electron chi connectivity index (χ0n) is 17.8. The van der Waals surface area contributed by atoms with Gasteiger partial charge in [-0.1, -0.05) is 47.7 Å². The van der Waals surface area contributed by atoms with Crippen LogP contribution in [0.25, 0.3) is 10.9 Å². The number of rotatable bonds is 7. The van der Waals surface area contributed by atoms with Crippen LogP contribution < -0.4 is 4.72 Å². The van der Waals surface area contributed by atoms with E-state index >= 15 is 0 Å². The zero-order chi connectivity index (χ0) is 23.4. The summed E-state index contributed by atoms with van der Waals surface area (Å²) >= 11 is 1.01. The van der Waals surface area contributed by atoms with Gasteiger partial charge in [-0.25, -0.2) is 8.42 Å². The highest BCUT2D eigenvalue weighted by atomic mass is 32.2. The fourth-order valence-electron chi connectivity index (χ4n) is 3.42. The number of benzene rings is 2. The van der Waals surface area contributed by atoms with Gasteiger partial charge in [0.05, 0.1) is 4.88 Å². The zero-order valence-corrected chi connectivity index (χ0v) is 19.5. The maximum atomic E-state index is 12.8. The maximum Gasteiger partial charge on any atom is 0.321 e. The van der Waals surface area contributed by atoms with Crippen molar-refractivity contribution in [2.24, 2.45) is 0 Å². The van der Waals surface area contributed by atoms with E-state index in [9.17, 15) is 18.3 Å². The number of hydrogen-bond donors (Lipinski definition) is 3. The van der Waals surface area contributed by atoms with Crippen LogP contribution in [0.4, 0.5) is 0 Å². The molecule has 6 nitrogen and oxygen atoms in total. The molecule has 0 saturated carbocycles. The molecule has 0 aliphatic heterocycles. The van der Waals surface area contributed by atoms with Crippen LogP contribution in [0, 0.1) is 18.8 Å². The van der Waals surface area contributed by atoms with Crippen LogP contribution in [-0.2, 0) is 21.2 Å². The minimum atomic E-state index is -3.99. The Balaban J connectivity index is 1.46. The summed E-state index contributed by atoms with van der Waals surface area (Å²) in [5, 5.41) is 10.6. The number of carboxylic acid groups (broad SMARTS) is 1. The van der Waals surface area contributed by atoms with Crippen LogP contribution in [0.2, 0.25) is 0 Å². The summed E-state index contributed by atoms with van der Waals surface area (Å²) in [6, 6.07) is 17.3. The van der Waals surface area contributed by atoms with Crippen molar-refractivity contribution in [3.8, 4) is 11.8 Å². The third-order valence-corrected chi connectivity index (χ3v) is 8.16. The smallest absolute Gasteiger partial charge is 0.321 e. The van der Waals surface area contributed by atoms with Gasteiger partial charge >= 0.3 is 5.97 Å². The lowest BCUT2D eigenvalue weighted by Crippen LogP contribution is -2.40.